The molecule has 2 aromatic rings. The van der Waals surface area contributed by atoms with Crippen molar-refractivity contribution in [2.75, 3.05) is 18.5 Å². The van der Waals surface area contributed by atoms with Crippen molar-refractivity contribution in [3.05, 3.63) is 65.2 Å². The number of hydrogen-bond acceptors (Lipinski definition) is 3. The number of fused-ring (bicyclic) bond motifs is 1. The maximum atomic E-state index is 12.3. The molecule has 0 saturated heterocycles. The van der Waals surface area contributed by atoms with E-state index in [1.807, 2.05) is 30.3 Å². The van der Waals surface area contributed by atoms with Crippen molar-refractivity contribution in [1.82, 2.24) is 5.32 Å². The number of carbonyl (C=O) groups is 3. The van der Waals surface area contributed by atoms with Crippen LogP contribution in [0.3, 0.4) is 0 Å². The highest BCUT2D eigenvalue weighted by Crippen LogP contribution is 2.28. The molecule has 0 fully saturated rings. The predicted octanol–water partition coefficient (Wildman–Crippen LogP) is 2.14. The van der Waals surface area contributed by atoms with Gasteiger partial charge in [0.25, 0.3) is 0 Å². The molecule has 0 radical (unpaired) electrons. The standard InChI is InChI=1S/C20H20N2O3/c1-22-17-8-7-15(12-16(17)13-20(22)25)18(23)9-10-21-19(24)11-14-5-3-2-4-6-14/h2-8,12H,9-11,13H2,1H3,(H,21,24). The van der Waals surface area contributed by atoms with Gasteiger partial charge in [0.1, 0.15) is 0 Å². The molecule has 1 aliphatic rings. The normalized spacial score (nSPS) is 12.8. The second kappa shape index (κ2) is 7.30. The Kier molecular flexibility index (Phi) is 4.93. The van der Waals surface area contributed by atoms with Crippen molar-refractivity contribution in [2.45, 2.75) is 19.3 Å². The molecule has 1 heterocycles. The summed E-state index contributed by atoms with van der Waals surface area (Å²) in [6.07, 6.45) is 0.881. The SMILES string of the molecule is CN1C(=O)Cc2cc(C(=O)CCNC(=O)Cc3ccccc3)ccc21. The van der Waals surface area contributed by atoms with E-state index in [1.54, 1.807) is 30.1 Å². The van der Waals surface area contributed by atoms with E-state index >= 15 is 0 Å². The minimum absolute atomic E-state index is 0.0350. The van der Waals surface area contributed by atoms with Gasteiger partial charge in [-0.05, 0) is 29.3 Å². The minimum Gasteiger partial charge on any atom is -0.355 e. The largest absolute Gasteiger partial charge is 0.355 e. The highest BCUT2D eigenvalue weighted by Gasteiger charge is 2.24. The van der Waals surface area contributed by atoms with Crippen LogP contribution in [0, 0.1) is 0 Å². The Labute approximate surface area is 146 Å². The van der Waals surface area contributed by atoms with Gasteiger partial charge in [0, 0.05) is 31.3 Å². The molecule has 3 rings (SSSR count). The second-order valence-electron chi connectivity index (χ2n) is 6.16. The van der Waals surface area contributed by atoms with Crippen molar-refractivity contribution in [1.29, 1.82) is 0 Å². The first-order valence-corrected chi connectivity index (χ1v) is 8.28. The fourth-order valence-electron chi connectivity index (χ4n) is 2.95. The Morgan fingerprint density at radius 3 is 2.64 bits per heavy atom. The third-order valence-corrected chi connectivity index (χ3v) is 4.36. The van der Waals surface area contributed by atoms with Crippen LogP contribution in [0.4, 0.5) is 5.69 Å². The molecule has 2 aromatic carbocycles. The summed E-state index contributed by atoms with van der Waals surface area (Å²) in [6, 6.07) is 14.8. The molecule has 1 aliphatic heterocycles. The van der Waals surface area contributed by atoms with E-state index in [9.17, 15) is 14.4 Å². The lowest BCUT2D eigenvalue weighted by atomic mass is 10.0. The topological polar surface area (TPSA) is 66.5 Å². The molecule has 0 bridgehead atoms. The number of carbonyl (C=O) groups excluding carboxylic acids is 3. The summed E-state index contributed by atoms with van der Waals surface area (Å²) < 4.78 is 0. The fraction of sp³-hybridized carbons (Fsp3) is 0.250. The summed E-state index contributed by atoms with van der Waals surface area (Å²) >= 11 is 0. The third kappa shape index (κ3) is 3.94. The lowest BCUT2D eigenvalue weighted by molar-refractivity contribution is -0.120. The maximum absolute atomic E-state index is 12.3. The van der Waals surface area contributed by atoms with Gasteiger partial charge < -0.3 is 10.2 Å². The van der Waals surface area contributed by atoms with Gasteiger partial charge in [0.05, 0.1) is 12.8 Å². The van der Waals surface area contributed by atoms with Crippen molar-refractivity contribution >= 4 is 23.3 Å². The molecule has 5 heteroatoms. The lowest BCUT2D eigenvalue weighted by Gasteiger charge is -2.10. The number of ketones is 1. The molecule has 0 aromatic heterocycles. The molecule has 0 unspecified atom stereocenters. The molecule has 128 valence electrons. The summed E-state index contributed by atoms with van der Waals surface area (Å²) in [5.41, 5.74) is 3.27. The van der Waals surface area contributed by atoms with Gasteiger partial charge in [0.2, 0.25) is 11.8 Å². The lowest BCUT2D eigenvalue weighted by Crippen LogP contribution is -2.27. The van der Waals surface area contributed by atoms with Crippen LogP contribution in [-0.2, 0) is 22.4 Å². The summed E-state index contributed by atoms with van der Waals surface area (Å²) in [4.78, 5) is 37.5. The van der Waals surface area contributed by atoms with Crippen LogP contribution in [0.25, 0.3) is 0 Å². The minimum atomic E-state index is -0.0971. The van der Waals surface area contributed by atoms with E-state index in [0.29, 0.717) is 24.9 Å². The summed E-state index contributed by atoms with van der Waals surface area (Å²) in [5, 5.41) is 2.78. The van der Waals surface area contributed by atoms with Crippen molar-refractivity contribution < 1.29 is 14.4 Å². The quantitative estimate of drug-likeness (QED) is 0.822. The zero-order valence-electron chi connectivity index (χ0n) is 14.1. The second-order valence-corrected chi connectivity index (χ2v) is 6.16. The van der Waals surface area contributed by atoms with Crippen molar-refractivity contribution in [3.8, 4) is 0 Å². The first-order chi connectivity index (χ1) is 12.0. The first-order valence-electron chi connectivity index (χ1n) is 8.28. The Bertz CT molecular complexity index is 815. The molecule has 0 saturated carbocycles. The van der Waals surface area contributed by atoms with E-state index in [1.165, 1.54) is 0 Å². The Balaban J connectivity index is 1.51. The van der Waals surface area contributed by atoms with E-state index < -0.39 is 0 Å². The molecule has 0 spiro atoms. The number of nitrogens with zero attached hydrogens (tertiary/aromatic N) is 1. The molecule has 0 atom stereocenters. The van der Waals surface area contributed by atoms with Gasteiger partial charge in [0.15, 0.2) is 5.78 Å². The predicted molar refractivity (Wildman–Crippen MR) is 95.7 cm³/mol. The smallest absolute Gasteiger partial charge is 0.231 e. The Hall–Kier alpha value is -2.95. The zero-order chi connectivity index (χ0) is 17.8. The highest BCUT2D eigenvalue weighted by molar-refractivity contribution is 6.03. The van der Waals surface area contributed by atoms with Crippen LogP contribution in [0.2, 0.25) is 0 Å². The molecular formula is C20H20N2O3. The third-order valence-electron chi connectivity index (χ3n) is 4.36. The molecular weight excluding hydrogens is 316 g/mol. The van der Waals surface area contributed by atoms with Crippen LogP contribution in [0.15, 0.2) is 48.5 Å². The van der Waals surface area contributed by atoms with Gasteiger partial charge in [-0.1, -0.05) is 30.3 Å². The zero-order valence-corrected chi connectivity index (χ0v) is 14.1. The number of likely N-dealkylation sites (N-methyl/N-ethyl adjacent to an activating group) is 1. The van der Waals surface area contributed by atoms with Crippen LogP contribution < -0.4 is 10.2 Å². The number of nitrogens with one attached hydrogen (secondary N) is 1. The van der Waals surface area contributed by atoms with E-state index in [2.05, 4.69) is 5.32 Å². The molecule has 5 nitrogen and oxygen atoms in total. The number of Topliss-reactive ketones (excluding diaryl/α,β-unsaturated/α-hetero) is 1. The van der Waals surface area contributed by atoms with Crippen LogP contribution in [0.5, 0.6) is 0 Å². The summed E-state index contributed by atoms with van der Waals surface area (Å²) in [7, 11) is 1.73. The fourth-order valence-corrected chi connectivity index (χ4v) is 2.95. The van der Waals surface area contributed by atoms with Crippen molar-refractivity contribution in [3.63, 3.8) is 0 Å². The van der Waals surface area contributed by atoms with Gasteiger partial charge in [-0.25, -0.2) is 0 Å². The Morgan fingerprint density at radius 2 is 1.88 bits per heavy atom. The number of amides is 2. The molecule has 1 N–H and O–H groups in total. The summed E-state index contributed by atoms with van der Waals surface area (Å²) in [5.74, 6) is -0.0993. The molecule has 25 heavy (non-hydrogen) atoms. The number of rotatable bonds is 6. The average molecular weight is 336 g/mol. The number of benzene rings is 2. The van der Waals surface area contributed by atoms with Crippen molar-refractivity contribution in [2.24, 2.45) is 0 Å². The average Bonchev–Trinajstić information content (AvgIpc) is 2.89. The van der Waals surface area contributed by atoms with E-state index in [-0.39, 0.29) is 24.0 Å². The monoisotopic (exact) mass is 336 g/mol. The van der Waals surface area contributed by atoms with Gasteiger partial charge >= 0.3 is 0 Å². The number of anilines is 1. The van der Waals surface area contributed by atoms with Crippen LogP contribution in [-0.4, -0.2) is 31.2 Å². The number of hydrogen-bond donors (Lipinski definition) is 1. The Morgan fingerprint density at radius 1 is 1.12 bits per heavy atom. The molecule has 0 aliphatic carbocycles. The van der Waals surface area contributed by atoms with Gasteiger partial charge in [-0.3, -0.25) is 14.4 Å². The van der Waals surface area contributed by atoms with E-state index in [0.717, 1.165) is 16.8 Å². The summed E-state index contributed by atoms with van der Waals surface area (Å²) in [6.45, 7) is 0.306. The first kappa shape index (κ1) is 16.9. The van der Waals surface area contributed by atoms with Gasteiger partial charge in [-0.2, -0.15) is 0 Å². The maximum Gasteiger partial charge on any atom is 0.231 e. The highest BCUT2D eigenvalue weighted by atomic mass is 16.2. The van der Waals surface area contributed by atoms with Gasteiger partial charge in [-0.15, -0.1) is 0 Å². The van der Waals surface area contributed by atoms with E-state index in [4.69, 9.17) is 0 Å². The molecule has 2 amide bonds. The van der Waals surface area contributed by atoms with Crippen LogP contribution >= 0.6 is 0 Å². The van der Waals surface area contributed by atoms with Crippen LogP contribution in [0.1, 0.15) is 27.9 Å².